The molecule has 1 fully saturated rings. The molecule has 0 bridgehead atoms. The topological polar surface area (TPSA) is 95.9 Å². The zero-order valence-electron chi connectivity index (χ0n) is 12.3. The maximum absolute atomic E-state index is 12.0. The fraction of sp³-hybridized carbons (Fsp3) is 0.769. The smallest absolute Gasteiger partial charge is 0.326 e. The van der Waals surface area contributed by atoms with Crippen LogP contribution in [0.2, 0.25) is 0 Å². The van der Waals surface area contributed by atoms with Crippen LogP contribution in [-0.2, 0) is 19.1 Å². The van der Waals surface area contributed by atoms with Gasteiger partial charge in [0.05, 0.1) is 18.5 Å². The summed E-state index contributed by atoms with van der Waals surface area (Å²) in [6.45, 7) is 4.97. The molecule has 0 aliphatic carbocycles. The van der Waals surface area contributed by atoms with Crippen molar-refractivity contribution in [3.05, 3.63) is 0 Å². The molecule has 0 spiro atoms. The number of hydrogen-bond acceptors (Lipinski definition) is 5. The first-order chi connectivity index (χ1) is 9.90. The minimum absolute atomic E-state index is 0.0431. The van der Waals surface area contributed by atoms with Crippen molar-refractivity contribution in [2.24, 2.45) is 0 Å². The molecule has 2 amide bonds. The van der Waals surface area contributed by atoms with Crippen molar-refractivity contribution in [2.75, 3.05) is 31.2 Å². The lowest BCUT2D eigenvalue weighted by Crippen LogP contribution is -2.45. The van der Waals surface area contributed by atoms with E-state index in [2.05, 4.69) is 5.32 Å². The Kier molecular flexibility index (Phi) is 7.52. The molecular formula is C13H22N2O5S. The van der Waals surface area contributed by atoms with Crippen molar-refractivity contribution >= 4 is 29.5 Å². The number of carbonyl (C=O) groups is 3. The molecule has 1 heterocycles. The molecule has 1 aliphatic rings. The Morgan fingerprint density at radius 1 is 1.48 bits per heavy atom. The maximum Gasteiger partial charge on any atom is 0.326 e. The van der Waals surface area contributed by atoms with Gasteiger partial charge >= 0.3 is 5.97 Å². The van der Waals surface area contributed by atoms with Gasteiger partial charge in [0.2, 0.25) is 11.8 Å². The summed E-state index contributed by atoms with van der Waals surface area (Å²) in [6, 6.07) is -0.895. The Morgan fingerprint density at radius 3 is 2.76 bits per heavy atom. The first kappa shape index (κ1) is 17.8. The summed E-state index contributed by atoms with van der Waals surface area (Å²) in [7, 11) is 0. The van der Waals surface area contributed by atoms with E-state index in [1.165, 1.54) is 18.7 Å². The molecule has 0 aromatic heterocycles. The van der Waals surface area contributed by atoms with Gasteiger partial charge in [-0.2, -0.15) is 11.8 Å². The standard InChI is InChI=1S/C13H22N2O5S/c1-9-7-15(4-5-20-9)12(17)8-21-6-3-11(13(18)19)14-10(2)16/h9,11H,3-8H2,1-2H3,(H,14,16)(H,18,19). The van der Waals surface area contributed by atoms with Gasteiger partial charge in [-0.05, 0) is 19.1 Å². The van der Waals surface area contributed by atoms with Crippen LogP contribution in [0.15, 0.2) is 0 Å². The van der Waals surface area contributed by atoms with Crippen LogP contribution in [0.3, 0.4) is 0 Å². The maximum atomic E-state index is 12.0. The van der Waals surface area contributed by atoms with E-state index in [0.717, 1.165) is 0 Å². The van der Waals surface area contributed by atoms with Crippen molar-refractivity contribution in [1.82, 2.24) is 10.2 Å². The normalized spacial score (nSPS) is 19.9. The van der Waals surface area contributed by atoms with Crippen LogP contribution in [0.1, 0.15) is 20.3 Å². The molecule has 2 N–H and O–H groups in total. The number of carboxylic acids is 1. The summed E-state index contributed by atoms with van der Waals surface area (Å²) in [5, 5.41) is 11.3. The molecular weight excluding hydrogens is 296 g/mol. The lowest BCUT2D eigenvalue weighted by atomic mass is 10.2. The van der Waals surface area contributed by atoms with E-state index in [0.29, 0.717) is 37.6 Å². The lowest BCUT2D eigenvalue weighted by Gasteiger charge is -2.31. The highest BCUT2D eigenvalue weighted by atomic mass is 32.2. The number of amides is 2. The van der Waals surface area contributed by atoms with Crippen LogP contribution < -0.4 is 5.32 Å². The van der Waals surface area contributed by atoms with E-state index in [9.17, 15) is 14.4 Å². The Hall–Kier alpha value is -1.28. The third-order valence-corrected chi connectivity index (χ3v) is 4.02. The van der Waals surface area contributed by atoms with E-state index in [-0.39, 0.29) is 17.9 Å². The number of nitrogens with one attached hydrogen (secondary N) is 1. The molecule has 1 aliphatic heterocycles. The second kappa shape index (κ2) is 8.89. The molecule has 0 radical (unpaired) electrons. The average Bonchev–Trinajstić information content (AvgIpc) is 2.41. The molecule has 2 atom stereocenters. The number of rotatable bonds is 7. The fourth-order valence-corrected chi connectivity index (χ4v) is 2.90. The molecule has 2 unspecified atom stereocenters. The quantitative estimate of drug-likeness (QED) is 0.639. The highest BCUT2D eigenvalue weighted by Crippen LogP contribution is 2.10. The number of carbonyl (C=O) groups excluding carboxylic acids is 2. The van der Waals surface area contributed by atoms with Crippen LogP contribution in [-0.4, -0.2) is 71.1 Å². The van der Waals surface area contributed by atoms with Gasteiger partial charge in [0.15, 0.2) is 0 Å². The summed E-state index contributed by atoms with van der Waals surface area (Å²) in [5.74, 6) is -0.561. The van der Waals surface area contributed by atoms with Gasteiger partial charge < -0.3 is 20.1 Å². The predicted octanol–water partition coefficient (Wildman–Crippen LogP) is -0.0537. The van der Waals surface area contributed by atoms with Crippen molar-refractivity contribution in [3.8, 4) is 0 Å². The van der Waals surface area contributed by atoms with Crippen molar-refractivity contribution in [3.63, 3.8) is 0 Å². The lowest BCUT2D eigenvalue weighted by molar-refractivity contribution is -0.141. The van der Waals surface area contributed by atoms with Gasteiger partial charge in [-0.15, -0.1) is 0 Å². The van der Waals surface area contributed by atoms with Crippen LogP contribution in [0.5, 0.6) is 0 Å². The third kappa shape index (κ3) is 6.81. The summed E-state index contributed by atoms with van der Waals surface area (Å²) >= 11 is 1.38. The molecule has 0 saturated carbocycles. The highest BCUT2D eigenvalue weighted by Gasteiger charge is 2.22. The number of aliphatic carboxylic acids is 1. The summed E-state index contributed by atoms with van der Waals surface area (Å²) in [5.41, 5.74) is 0. The van der Waals surface area contributed by atoms with Gasteiger partial charge in [0, 0.05) is 20.0 Å². The van der Waals surface area contributed by atoms with Gasteiger partial charge in [0.25, 0.3) is 0 Å². The monoisotopic (exact) mass is 318 g/mol. The van der Waals surface area contributed by atoms with E-state index in [4.69, 9.17) is 9.84 Å². The summed E-state index contributed by atoms with van der Waals surface area (Å²) < 4.78 is 5.37. The number of ether oxygens (including phenoxy) is 1. The Balaban J connectivity index is 2.24. The Bertz CT molecular complexity index is 391. The van der Waals surface area contributed by atoms with Gasteiger partial charge in [-0.1, -0.05) is 0 Å². The molecule has 1 saturated heterocycles. The number of thioether (sulfide) groups is 1. The first-order valence-corrected chi connectivity index (χ1v) is 8.02. The molecule has 8 heteroatoms. The van der Waals surface area contributed by atoms with Crippen LogP contribution >= 0.6 is 11.8 Å². The second-order valence-corrected chi connectivity index (χ2v) is 6.06. The van der Waals surface area contributed by atoms with Crippen LogP contribution in [0.4, 0.5) is 0 Å². The van der Waals surface area contributed by atoms with E-state index < -0.39 is 12.0 Å². The van der Waals surface area contributed by atoms with E-state index in [1.807, 2.05) is 6.92 Å². The van der Waals surface area contributed by atoms with Gasteiger partial charge in [-0.3, -0.25) is 9.59 Å². The van der Waals surface area contributed by atoms with Gasteiger partial charge in [0.1, 0.15) is 6.04 Å². The fourth-order valence-electron chi connectivity index (χ4n) is 2.00. The first-order valence-electron chi connectivity index (χ1n) is 6.87. The average molecular weight is 318 g/mol. The molecule has 21 heavy (non-hydrogen) atoms. The van der Waals surface area contributed by atoms with Crippen molar-refractivity contribution < 1.29 is 24.2 Å². The zero-order chi connectivity index (χ0) is 15.8. The van der Waals surface area contributed by atoms with Crippen molar-refractivity contribution in [1.29, 1.82) is 0 Å². The Labute approximate surface area is 128 Å². The summed E-state index contributed by atoms with van der Waals surface area (Å²) in [4.78, 5) is 35.5. The Morgan fingerprint density at radius 2 is 2.19 bits per heavy atom. The van der Waals surface area contributed by atoms with Crippen LogP contribution in [0.25, 0.3) is 0 Å². The number of nitrogens with zero attached hydrogens (tertiary/aromatic N) is 1. The minimum Gasteiger partial charge on any atom is -0.480 e. The number of hydrogen-bond donors (Lipinski definition) is 2. The summed E-state index contributed by atoms with van der Waals surface area (Å²) in [6.07, 6.45) is 0.357. The SMILES string of the molecule is CC(=O)NC(CCSCC(=O)N1CCOC(C)C1)C(=O)O. The van der Waals surface area contributed by atoms with Crippen molar-refractivity contribution in [2.45, 2.75) is 32.4 Å². The largest absolute Gasteiger partial charge is 0.480 e. The number of carboxylic acid groups (broad SMARTS) is 1. The molecule has 1 rings (SSSR count). The van der Waals surface area contributed by atoms with Gasteiger partial charge in [-0.25, -0.2) is 4.79 Å². The molecule has 7 nitrogen and oxygen atoms in total. The van der Waals surface area contributed by atoms with Crippen LogP contribution in [0, 0.1) is 0 Å². The molecule has 0 aromatic carbocycles. The van der Waals surface area contributed by atoms with E-state index in [1.54, 1.807) is 4.90 Å². The predicted molar refractivity (Wildman–Crippen MR) is 79.2 cm³/mol. The number of morpholine rings is 1. The zero-order valence-corrected chi connectivity index (χ0v) is 13.1. The highest BCUT2D eigenvalue weighted by molar-refractivity contribution is 7.99. The minimum atomic E-state index is -1.06. The third-order valence-electron chi connectivity index (χ3n) is 3.05. The molecule has 120 valence electrons. The van der Waals surface area contributed by atoms with E-state index >= 15 is 0 Å². The molecule has 0 aromatic rings. The second-order valence-electron chi connectivity index (χ2n) is 4.95.